The molecule has 1 saturated carbocycles. The highest BCUT2D eigenvalue weighted by Crippen LogP contribution is 2.50. The van der Waals surface area contributed by atoms with Crippen LogP contribution in [-0.4, -0.2) is 51.6 Å². The summed E-state index contributed by atoms with van der Waals surface area (Å²) >= 11 is 7.40. The Bertz CT molecular complexity index is 2100. The molecule has 0 spiro atoms. The van der Waals surface area contributed by atoms with E-state index >= 15 is 0 Å². The molecule has 0 N–H and O–H groups in total. The van der Waals surface area contributed by atoms with Crippen molar-refractivity contribution in [2.75, 3.05) is 20.2 Å². The van der Waals surface area contributed by atoms with Gasteiger partial charge in [-0.25, -0.2) is 14.5 Å². The first kappa shape index (κ1) is 34.0. The number of rotatable bonds is 7. The molecule has 7 nitrogen and oxygen atoms in total. The number of amides is 1. The zero-order valence-electron chi connectivity index (χ0n) is 30.0. The van der Waals surface area contributed by atoms with E-state index in [9.17, 15) is 4.79 Å². The fourth-order valence-corrected chi connectivity index (χ4v) is 8.85. The summed E-state index contributed by atoms with van der Waals surface area (Å²) in [5.74, 6) is 1.58. The summed E-state index contributed by atoms with van der Waals surface area (Å²) in [6.45, 7) is 7.17. The molecular weight excluding hydrogens is 668 g/mol. The van der Waals surface area contributed by atoms with Gasteiger partial charge in [0.1, 0.15) is 16.8 Å². The predicted octanol–water partition coefficient (Wildman–Crippen LogP) is 9.96. The van der Waals surface area contributed by atoms with Crippen molar-refractivity contribution in [3.8, 4) is 17.1 Å². The molecule has 8 heteroatoms. The third kappa shape index (κ3) is 6.01. The number of ether oxygens (including phenoxy) is 2. The lowest BCUT2D eigenvalue weighted by molar-refractivity contribution is 0.0279. The van der Waals surface area contributed by atoms with E-state index in [0.717, 1.165) is 62.3 Å². The number of pyridine rings is 1. The molecule has 4 aromatic carbocycles. The molecule has 3 heterocycles. The van der Waals surface area contributed by atoms with Gasteiger partial charge in [0.15, 0.2) is 0 Å². The third-order valence-electron chi connectivity index (χ3n) is 10.8. The van der Waals surface area contributed by atoms with Crippen molar-refractivity contribution in [3.05, 3.63) is 149 Å². The van der Waals surface area contributed by atoms with Crippen molar-refractivity contribution < 1.29 is 14.3 Å². The van der Waals surface area contributed by atoms with Crippen LogP contribution in [0.5, 0.6) is 5.88 Å². The van der Waals surface area contributed by atoms with Gasteiger partial charge in [0, 0.05) is 41.3 Å². The zero-order chi connectivity index (χ0) is 36.0. The summed E-state index contributed by atoms with van der Waals surface area (Å²) in [4.78, 5) is 19.2. The van der Waals surface area contributed by atoms with Gasteiger partial charge in [0.05, 0.1) is 12.6 Å². The van der Waals surface area contributed by atoms with E-state index in [4.69, 9.17) is 26.2 Å². The van der Waals surface area contributed by atoms with Crippen LogP contribution in [0.25, 0.3) is 22.2 Å². The Balaban J connectivity index is 1.31. The lowest BCUT2D eigenvalue weighted by Crippen LogP contribution is -2.38. The molecule has 1 saturated heterocycles. The Morgan fingerprint density at radius 1 is 0.788 bits per heavy atom. The van der Waals surface area contributed by atoms with Crippen molar-refractivity contribution >= 4 is 28.6 Å². The monoisotopic (exact) mass is 710 g/mol. The SMILES string of the molecule is COc1cc(-c2nn(C(c3ccccc3)(c3ccccc3)c3ccccc3)c3cc(Cl)c(C4CC5CN(C(=O)OC(C)(C)C)C[C@H]5C4)cc23)ccn1. The van der Waals surface area contributed by atoms with Crippen molar-refractivity contribution in [3.63, 3.8) is 0 Å². The van der Waals surface area contributed by atoms with Crippen LogP contribution in [0.4, 0.5) is 4.79 Å². The number of likely N-dealkylation sites (tertiary alicyclic amines) is 1. The fourth-order valence-electron chi connectivity index (χ4n) is 8.54. The second-order valence-corrected chi connectivity index (χ2v) is 15.5. The van der Waals surface area contributed by atoms with E-state index < -0.39 is 11.1 Å². The second kappa shape index (κ2) is 13.4. The number of carbonyl (C=O) groups is 1. The first-order chi connectivity index (χ1) is 25.2. The Morgan fingerprint density at radius 2 is 1.35 bits per heavy atom. The number of aromatic nitrogens is 3. The van der Waals surface area contributed by atoms with Gasteiger partial charge in [-0.3, -0.25) is 0 Å². The van der Waals surface area contributed by atoms with Crippen LogP contribution >= 0.6 is 11.6 Å². The molecule has 8 rings (SSSR count). The van der Waals surface area contributed by atoms with Gasteiger partial charge in [-0.1, -0.05) is 103 Å². The number of nitrogens with zero attached hydrogens (tertiary/aromatic N) is 4. The highest BCUT2D eigenvalue weighted by Gasteiger charge is 2.45. The predicted molar refractivity (Wildman–Crippen MR) is 206 cm³/mol. The number of fused-ring (bicyclic) bond motifs is 2. The molecule has 2 unspecified atom stereocenters. The molecule has 2 aromatic heterocycles. The van der Waals surface area contributed by atoms with Crippen LogP contribution < -0.4 is 4.74 Å². The van der Waals surface area contributed by atoms with Crippen molar-refractivity contribution in [1.29, 1.82) is 0 Å². The van der Waals surface area contributed by atoms with Crippen LogP contribution in [-0.2, 0) is 10.3 Å². The minimum atomic E-state index is -0.836. The fraction of sp³-hybridized carbons (Fsp3) is 0.295. The van der Waals surface area contributed by atoms with Crippen molar-refractivity contribution in [1.82, 2.24) is 19.7 Å². The van der Waals surface area contributed by atoms with E-state index in [1.165, 1.54) is 0 Å². The van der Waals surface area contributed by atoms with Crippen LogP contribution in [0.1, 0.15) is 61.8 Å². The van der Waals surface area contributed by atoms with Gasteiger partial charge in [-0.05, 0) is 91.8 Å². The van der Waals surface area contributed by atoms with Gasteiger partial charge in [-0.15, -0.1) is 0 Å². The molecular formula is C44H43ClN4O3. The maximum atomic E-state index is 12.9. The highest BCUT2D eigenvalue weighted by molar-refractivity contribution is 6.32. The van der Waals surface area contributed by atoms with Crippen LogP contribution in [0, 0.1) is 11.8 Å². The Hall–Kier alpha value is -5.14. The van der Waals surface area contributed by atoms with Crippen LogP contribution in [0.15, 0.2) is 121 Å². The Labute approximate surface area is 310 Å². The molecule has 0 bridgehead atoms. The van der Waals surface area contributed by atoms with Gasteiger partial charge in [0.25, 0.3) is 0 Å². The molecule has 3 atom stereocenters. The standard InChI is InChI=1S/C44H43ClN4O3/c1-43(2,3)52-42(50)48-27-31-22-30(23-32(31)28-48)36-25-37-39(26-38(36)45)49(47-41(37)29-20-21-46-40(24-29)51-4)44(33-14-8-5-9-15-33,34-16-10-6-11-17-34)35-18-12-7-13-19-35/h5-21,24-26,30-32H,22-23,27-28H2,1-4H3/t30?,31-,32?/m1/s1. The molecule has 0 radical (unpaired) electrons. The molecule has 1 amide bonds. The Kier molecular flexibility index (Phi) is 8.78. The highest BCUT2D eigenvalue weighted by atomic mass is 35.5. The maximum absolute atomic E-state index is 12.9. The Morgan fingerprint density at radius 3 is 1.87 bits per heavy atom. The zero-order valence-corrected chi connectivity index (χ0v) is 30.8. The normalized spacial score (nSPS) is 18.8. The molecule has 2 fully saturated rings. The summed E-state index contributed by atoms with van der Waals surface area (Å²) in [5, 5.41) is 7.31. The summed E-state index contributed by atoms with van der Waals surface area (Å²) < 4.78 is 13.5. The largest absolute Gasteiger partial charge is 0.481 e. The van der Waals surface area contributed by atoms with Crippen molar-refractivity contribution in [2.24, 2.45) is 11.8 Å². The average molecular weight is 711 g/mol. The van der Waals surface area contributed by atoms with E-state index in [2.05, 4.69) is 94.6 Å². The molecule has 2 aliphatic rings. The molecule has 264 valence electrons. The summed E-state index contributed by atoms with van der Waals surface area (Å²) in [5.41, 5.74) is 5.66. The van der Waals surface area contributed by atoms with Gasteiger partial charge < -0.3 is 14.4 Å². The number of methoxy groups -OCH3 is 1. The average Bonchev–Trinajstić information content (AvgIpc) is 3.85. The minimum Gasteiger partial charge on any atom is -0.481 e. The number of hydrogen-bond donors (Lipinski definition) is 0. The number of halogens is 1. The number of hydrogen-bond acceptors (Lipinski definition) is 5. The minimum absolute atomic E-state index is 0.221. The van der Waals surface area contributed by atoms with E-state index in [1.807, 2.05) is 56.0 Å². The van der Waals surface area contributed by atoms with Crippen molar-refractivity contribution in [2.45, 2.75) is 50.7 Å². The van der Waals surface area contributed by atoms with Gasteiger partial charge in [-0.2, -0.15) is 5.10 Å². The number of benzene rings is 4. The van der Waals surface area contributed by atoms with E-state index in [0.29, 0.717) is 30.8 Å². The summed E-state index contributed by atoms with van der Waals surface area (Å²) in [7, 11) is 1.63. The number of carbonyl (C=O) groups excluding carboxylic acids is 1. The molecule has 1 aliphatic heterocycles. The van der Waals surface area contributed by atoms with Crippen LogP contribution in [0.2, 0.25) is 5.02 Å². The lowest BCUT2D eigenvalue weighted by atomic mass is 9.77. The first-order valence-electron chi connectivity index (χ1n) is 18.0. The van der Waals surface area contributed by atoms with E-state index in [1.54, 1.807) is 13.3 Å². The van der Waals surface area contributed by atoms with E-state index in [-0.39, 0.29) is 12.0 Å². The third-order valence-corrected chi connectivity index (χ3v) is 11.1. The first-order valence-corrected chi connectivity index (χ1v) is 18.4. The molecule has 1 aliphatic carbocycles. The van der Waals surface area contributed by atoms with Gasteiger partial charge in [0.2, 0.25) is 5.88 Å². The quantitative estimate of drug-likeness (QED) is 0.154. The molecule has 6 aromatic rings. The topological polar surface area (TPSA) is 69.5 Å². The summed E-state index contributed by atoms with van der Waals surface area (Å²) in [6, 6.07) is 40.0. The molecule has 52 heavy (non-hydrogen) atoms. The maximum Gasteiger partial charge on any atom is 0.410 e. The van der Waals surface area contributed by atoms with Crippen LogP contribution in [0.3, 0.4) is 0 Å². The van der Waals surface area contributed by atoms with Gasteiger partial charge >= 0.3 is 6.09 Å². The summed E-state index contributed by atoms with van der Waals surface area (Å²) in [6.07, 6.45) is 3.47. The smallest absolute Gasteiger partial charge is 0.410 e. The second-order valence-electron chi connectivity index (χ2n) is 15.1. The lowest BCUT2D eigenvalue weighted by Gasteiger charge is -2.37.